The van der Waals surface area contributed by atoms with Gasteiger partial charge in [0.15, 0.2) is 22.8 Å². The molecule has 0 radical (unpaired) electrons. The van der Waals surface area contributed by atoms with Crippen LogP contribution in [0.25, 0.3) is 11.2 Å². The maximum absolute atomic E-state index is 14.7. The molecule has 1 aliphatic carbocycles. The first-order chi connectivity index (χ1) is 34.5. The Balaban J connectivity index is 0.930. The number of fused-ring (bicyclic) bond motifs is 2. The summed E-state index contributed by atoms with van der Waals surface area (Å²) in [6, 6.07) is 0. The number of imidazole rings is 1. The van der Waals surface area contributed by atoms with Crippen LogP contribution < -0.4 is 16.4 Å². The number of alkyl halides is 2. The fourth-order valence-electron chi connectivity index (χ4n) is 8.78. The van der Waals surface area contributed by atoms with E-state index in [1.165, 1.54) is 13.8 Å². The lowest BCUT2D eigenvalue weighted by molar-refractivity contribution is -0.356. The number of ether oxygens (including phenoxy) is 2. The zero-order valence-corrected chi connectivity index (χ0v) is 44.3. The zero-order valence-electron chi connectivity index (χ0n) is 40.8. The van der Waals surface area contributed by atoms with E-state index in [1.54, 1.807) is 6.92 Å². The number of nitrogens with two attached hydrogens (primary N) is 1. The molecule has 2 aliphatic heterocycles. The number of aliphatic hydroxyl groups excluding tert-OH is 2. The molecule has 3 aliphatic rings. The van der Waals surface area contributed by atoms with Crippen LogP contribution in [0.2, 0.25) is 0 Å². The number of amides is 2. The predicted molar refractivity (Wildman–Crippen MR) is 255 cm³/mol. The number of hydrogen-bond donors (Lipinski definition) is 10. The SMILES string of the molecule is CCCCC(F)(F)[C@@]1(O)CC[C@@H]2[C@H](CCCCCCC(=O)SCCNC(=O)CCNC(=O)C(O)C(C)(C)COP(=O)(O)OP(=O)(O)OCC3OC(n4cnc5c(N)ncnc54)C(O)C3OP(=O)(O)O)C(=O)C[C@H]2O1. The summed E-state index contributed by atoms with van der Waals surface area (Å²) < 4.78 is 97.5. The number of carbonyl (C=O) groups excluding carboxylic acids is 4. The molecule has 33 heteroatoms. The third kappa shape index (κ3) is 17.0. The van der Waals surface area contributed by atoms with E-state index in [-0.39, 0.29) is 90.7 Å². The van der Waals surface area contributed by atoms with Gasteiger partial charge in [-0.15, -0.1) is 0 Å². The average molecular weight is 1140 g/mol. The molecule has 3 fully saturated rings. The van der Waals surface area contributed by atoms with Crippen molar-refractivity contribution in [2.75, 3.05) is 37.8 Å². The van der Waals surface area contributed by atoms with Crippen LogP contribution in [0.15, 0.2) is 12.7 Å². The predicted octanol–water partition coefficient (Wildman–Crippen LogP) is 2.90. The maximum Gasteiger partial charge on any atom is 0.481 e. The van der Waals surface area contributed by atoms with Crippen molar-refractivity contribution in [3.05, 3.63) is 12.7 Å². The summed E-state index contributed by atoms with van der Waals surface area (Å²) in [4.78, 5) is 101. The first-order valence-corrected chi connectivity index (χ1v) is 29.3. The third-order valence-electron chi connectivity index (χ3n) is 12.8. The number of phosphoric ester groups is 3. The van der Waals surface area contributed by atoms with Crippen LogP contribution in [0.3, 0.4) is 0 Å². The second kappa shape index (κ2) is 26.1. The van der Waals surface area contributed by atoms with Gasteiger partial charge >= 0.3 is 29.4 Å². The summed E-state index contributed by atoms with van der Waals surface area (Å²) in [6.07, 6.45) is -3.73. The fraction of sp³-hybridized carbons (Fsp3) is 0.780. The highest BCUT2D eigenvalue weighted by Crippen LogP contribution is 2.61. The van der Waals surface area contributed by atoms with Gasteiger partial charge in [0, 0.05) is 62.3 Å². The molecule has 7 unspecified atom stereocenters. The summed E-state index contributed by atoms with van der Waals surface area (Å²) in [6.45, 7) is 2.08. The van der Waals surface area contributed by atoms with E-state index in [1.807, 2.05) is 0 Å². The normalized spacial score (nSPS) is 26.6. The van der Waals surface area contributed by atoms with Gasteiger partial charge in [-0.25, -0.2) is 37.4 Å². The van der Waals surface area contributed by atoms with Gasteiger partial charge < -0.3 is 60.7 Å². The smallest absolute Gasteiger partial charge is 0.386 e. The highest BCUT2D eigenvalue weighted by molar-refractivity contribution is 8.13. The van der Waals surface area contributed by atoms with Crippen molar-refractivity contribution in [3.63, 3.8) is 0 Å². The molecule has 0 spiro atoms. The van der Waals surface area contributed by atoms with Gasteiger partial charge in [0.1, 0.15) is 42.0 Å². The Morgan fingerprint density at radius 1 is 1.01 bits per heavy atom. The van der Waals surface area contributed by atoms with Gasteiger partial charge in [0.25, 0.3) is 0 Å². The van der Waals surface area contributed by atoms with E-state index < -0.39 is 109 Å². The maximum atomic E-state index is 14.7. The summed E-state index contributed by atoms with van der Waals surface area (Å²) in [5.74, 6) is -7.77. The number of nitrogens with one attached hydrogen (secondary N) is 2. The molecule has 4 heterocycles. The molecule has 0 bridgehead atoms. The van der Waals surface area contributed by atoms with Gasteiger partial charge in [-0.2, -0.15) is 4.31 Å². The number of carbonyl (C=O) groups is 4. The number of anilines is 1. The van der Waals surface area contributed by atoms with Crippen molar-refractivity contribution in [2.24, 2.45) is 17.3 Å². The Morgan fingerprint density at radius 2 is 1.72 bits per heavy atom. The standard InChI is InChI=1S/C41H66F2N7O20P3S/c1-4-5-14-40(42,43)41(57)15-12-25-24(26(51)19-27(25)68-41)10-8-6-7-9-11-30(53)74-18-17-45-29(52)13-16-46-37(56)34(55)39(2,3)21-66-73(63,64)70-72(61,62)65-20-28-33(69-71(58,59)60)32(54)38(67-28)50-23-49-31-35(44)47-22-48-36(31)50/h22-25,27-28,32-34,38,54-55,57H,4-21H2,1-3H3,(H,45,52)(H,46,56)(H,61,62)(H,63,64)(H2,44,47,48)(H2,58,59,60)/t24-,25+,27+,28?,32?,33?,34?,38?,41+/m0/s1. The number of nitrogens with zero attached hydrogens (tertiary/aromatic N) is 4. The molecule has 1 saturated carbocycles. The van der Waals surface area contributed by atoms with Crippen LogP contribution in [-0.2, 0) is 60.2 Å². The minimum atomic E-state index is -5.61. The molecule has 27 nitrogen and oxygen atoms in total. The van der Waals surface area contributed by atoms with Crippen molar-refractivity contribution in [3.8, 4) is 0 Å². The Kier molecular flexibility index (Phi) is 21.8. The summed E-state index contributed by atoms with van der Waals surface area (Å²) in [7, 11) is -16.5. The van der Waals surface area contributed by atoms with Crippen LogP contribution in [0.1, 0.15) is 110 Å². The molecule has 11 N–H and O–H groups in total. The van der Waals surface area contributed by atoms with Crippen LogP contribution in [-0.4, -0.2) is 151 Å². The number of phosphoric acid groups is 3. The fourth-order valence-corrected chi connectivity index (χ4v) is 12.3. The number of aromatic nitrogens is 4. The average Bonchev–Trinajstić information content (AvgIpc) is 3.97. The van der Waals surface area contributed by atoms with Gasteiger partial charge in [-0.1, -0.05) is 58.2 Å². The van der Waals surface area contributed by atoms with Crippen LogP contribution in [0.5, 0.6) is 0 Å². The number of hydrogen-bond acceptors (Lipinski definition) is 21. The van der Waals surface area contributed by atoms with E-state index in [4.69, 9.17) is 24.3 Å². The van der Waals surface area contributed by atoms with E-state index >= 15 is 0 Å². The summed E-state index contributed by atoms with van der Waals surface area (Å²) in [5, 5.41) is 37.1. The van der Waals surface area contributed by atoms with Crippen LogP contribution >= 0.6 is 35.2 Å². The lowest BCUT2D eigenvalue weighted by Gasteiger charge is -2.43. The van der Waals surface area contributed by atoms with Crippen molar-refractivity contribution < 1.29 is 104 Å². The second-order valence-electron chi connectivity index (χ2n) is 19.0. The van der Waals surface area contributed by atoms with E-state index in [9.17, 15) is 76.5 Å². The molecule has 2 aromatic heterocycles. The topological polar surface area (TPSA) is 410 Å². The van der Waals surface area contributed by atoms with Gasteiger partial charge in [0.05, 0.1) is 25.6 Å². The van der Waals surface area contributed by atoms with Crippen molar-refractivity contribution in [1.82, 2.24) is 30.2 Å². The van der Waals surface area contributed by atoms with Crippen molar-refractivity contribution in [1.29, 1.82) is 0 Å². The summed E-state index contributed by atoms with van der Waals surface area (Å²) in [5.41, 5.74) is 4.21. The minimum absolute atomic E-state index is 0.0110. The number of aliphatic hydroxyl groups is 3. The number of halogens is 2. The molecule has 2 aromatic rings. The van der Waals surface area contributed by atoms with Crippen molar-refractivity contribution in [2.45, 2.75) is 153 Å². The summed E-state index contributed by atoms with van der Waals surface area (Å²) >= 11 is 1.04. The van der Waals surface area contributed by atoms with E-state index in [0.717, 1.165) is 48.2 Å². The van der Waals surface area contributed by atoms with E-state index in [2.05, 4.69) is 34.4 Å². The van der Waals surface area contributed by atoms with Crippen molar-refractivity contribution >= 4 is 74.9 Å². The molecule has 74 heavy (non-hydrogen) atoms. The monoisotopic (exact) mass is 1140 g/mol. The van der Waals surface area contributed by atoms with Gasteiger partial charge in [0.2, 0.25) is 17.6 Å². The largest absolute Gasteiger partial charge is 0.481 e. The number of ketones is 1. The Morgan fingerprint density at radius 3 is 2.42 bits per heavy atom. The van der Waals surface area contributed by atoms with Gasteiger partial charge in [-0.05, 0) is 31.6 Å². The highest BCUT2D eigenvalue weighted by atomic mass is 32.2. The Hall–Kier alpha value is -2.99. The molecule has 5 rings (SSSR count). The molecular formula is C41H66F2N7O20P3S. The number of rotatable bonds is 30. The molecule has 11 atom stereocenters. The van der Waals surface area contributed by atoms with Gasteiger partial charge in [-0.3, -0.25) is 37.3 Å². The van der Waals surface area contributed by atoms with E-state index in [0.29, 0.717) is 25.7 Å². The number of Topliss-reactive ketones (excluding diaryl/α,β-unsaturated/α-hetero) is 1. The molecular weight excluding hydrogens is 1070 g/mol. The first kappa shape index (κ1) is 61.9. The second-order valence-corrected chi connectivity index (χ2v) is 24.4. The first-order valence-electron chi connectivity index (χ1n) is 23.8. The molecule has 2 amide bonds. The zero-order chi connectivity index (χ0) is 54.9. The number of nitrogen functional groups attached to an aromatic ring is 1. The Labute approximate surface area is 428 Å². The number of thioether (sulfide) groups is 1. The lowest BCUT2D eigenvalue weighted by atomic mass is 9.81. The number of unbranched alkanes of at least 4 members (excludes halogenated alkanes) is 4. The van der Waals surface area contributed by atoms with Crippen LogP contribution in [0, 0.1) is 17.3 Å². The van der Waals surface area contributed by atoms with Crippen LogP contribution in [0.4, 0.5) is 14.6 Å². The molecule has 0 aromatic carbocycles. The highest BCUT2D eigenvalue weighted by Gasteiger charge is 2.60. The Bertz CT molecular complexity index is 2420. The third-order valence-corrected chi connectivity index (χ3v) is 16.8. The minimum Gasteiger partial charge on any atom is -0.386 e. The quantitative estimate of drug-likeness (QED) is 0.0397. The molecule has 420 valence electrons. The lowest BCUT2D eigenvalue weighted by Crippen LogP contribution is -2.55. The molecule has 2 saturated heterocycles.